The van der Waals surface area contributed by atoms with Gasteiger partial charge in [-0.25, -0.2) is 14.6 Å². The normalized spacial score (nSPS) is 19.0. The van der Waals surface area contributed by atoms with Gasteiger partial charge in [0.1, 0.15) is 24.0 Å². The molecule has 0 saturated carbocycles. The molecule has 0 fully saturated rings. The van der Waals surface area contributed by atoms with Crippen LogP contribution in [0.4, 0.5) is 4.79 Å². The minimum Gasteiger partial charge on any atom is -0.480 e. The summed E-state index contributed by atoms with van der Waals surface area (Å²) in [7, 11) is 0. The van der Waals surface area contributed by atoms with Gasteiger partial charge >= 0.3 is 12.1 Å². The fraction of sp³-hybridized carbons (Fsp3) is 0.643. The largest absolute Gasteiger partial charge is 0.480 e. The lowest BCUT2D eigenvalue weighted by atomic mass is 10.1. The number of carboxylic acids is 1. The first kappa shape index (κ1) is 18.6. The number of carboxylic acid groups (broad SMARTS) is 1. The Labute approximate surface area is 134 Å². The van der Waals surface area contributed by atoms with Gasteiger partial charge < -0.3 is 20.5 Å². The van der Waals surface area contributed by atoms with Gasteiger partial charge in [-0.15, -0.1) is 0 Å². The Morgan fingerprint density at radius 2 is 1.96 bits per heavy atom. The standard InChI is InChI=1S/C14H22N4O5/c1-8(17-13(22)23-14(2,3)4)11(19)18-10(12(20)21)5-9-6-15-7-16-9/h6-10H,5H2,1-4H3,(H,17,22)(H,18,19)(H,20,21)/t8-,9?,10-/m0/s1. The number of nitrogens with zero attached hydrogens (tertiary/aromatic N) is 2. The fourth-order valence-corrected chi connectivity index (χ4v) is 1.73. The molecule has 1 unspecified atom stereocenters. The van der Waals surface area contributed by atoms with Crippen LogP contribution in [0.5, 0.6) is 0 Å². The summed E-state index contributed by atoms with van der Waals surface area (Å²) >= 11 is 0. The van der Waals surface area contributed by atoms with Gasteiger partial charge in [0.15, 0.2) is 0 Å². The predicted octanol–water partition coefficient (Wildman–Crippen LogP) is 0.340. The van der Waals surface area contributed by atoms with Gasteiger partial charge in [0.05, 0.1) is 6.04 Å². The second-order valence-electron chi connectivity index (χ2n) is 6.13. The van der Waals surface area contributed by atoms with Crippen molar-refractivity contribution in [1.29, 1.82) is 0 Å². The van der Waals surface area contributed by atoms with Crippen molar-refractivity contribution >= 4 is 30.5 Å². The molecule has 0 radical (unpaired) electrons. The molecule has 3 N–H and O–H groups in total. The number of carbonyl (C=O) groups excluding carboxylic acids is 2. The quantitative estimate of drug-likeness (QED) is 0.648. The van der Waals surface area contributed by atoms with E-state index < -0.39 is 35.7 Å². The molecule has 2 amide bonds. The molecule has 0 aromatic carbocycles. The molecule has 1 rings (SSSR count). The number of hydrogen-bond donors (Lipinski definition) is 3. The Bertz CT molecular complexity index is 512. The van der Waals surface area contributed by atoms with Crippen molar-refractivity contribution in [2.75, 3.05) is 0 Å². The van der Waals surface area contributed by atoms with Crippen LogP contribution in [0.3, 0.4) is 0 Å². The van der Waals surface area contributed by atoms with E-state index >= 15 is 0 Å². The zero-order chi connectivity index (χ0) is 17.6. The number of aliphatic imine (C=N–C) groups is 2. The maximum atomic E-state index is 12.0. The average molecular weight is 326 g/mol. The summed E-state index contributed by atoms with van der Waals surface area (Å²) in [5.74, 6) is -1.81. The summed E-state index contributed by atoms with van der Waals surface area (Å²) in [5, 5.41) is 13.9. The third-order valence-corrected chi connectivity index (χ3v) is 2.80. The van der Waals surface area contributed by atoms with E-state index in [-0.39, 0.29) is 12.5 Å². The molecule has 128 valence electrons. The van der Waals surface area contributed by atoms with E-state index in [4.69, 9.17) is 4.74 Å². The summed E-state index contributed by atoms with van der Waals surface area (Å²) in [6.07, 6.45) is 2.17. The summed E-state index contributed by atoms with van der Waals surface area (Å²) < 4.78 is 5.04. The number of aliphatic carboxylic acids is 1. The molecule has 0 bridgehead atoms. The summed E-state index contributed by atoms with van der Waals surface area (Å²) in [6.45, 7) is 6.53. The molecule has 1 aliphatic rings. The van der Waals surface area contributed by atoms with Gasteiger partial charge in [-0.05, 0) is 27.7 Å². The number of amides is 2. The van der Waals surface area contributed by atoms with Crippen molar-refractivity contribution < 1.29 is 24.2 Å². The highest BCUT2D eigenvalue weighted by Gasteiger charge is 2.27. The van der Waals surface area contributed by atoms with Crippen LogP contribution < -0.4 is 10.6 Å². The van der Waals surface area contributed by atoms with E-state index in [1.54, 1.807) is 20.8 Å². The van der Waals surface area contributed by atoms with Crippen molar-refractivity contribution in [1.82, 2.24) is 10.6 Å². The number of nitrogens with one attached hydrogen (secondary N) is 2. The van der Waals surface area contributed by atoms with Crippen molar-refractivity contribution in [3.8, 4) is 0 Å². The van der Waals surface area contributed by atoms with E-state index in [9.17, 15) is 19.5 Å². The lowest BCUT2D eigenvalue weighted by Crippen LogP contribution is -2.51. The molecule has 0 aromatic heterocycles. The Hall–Kier alpha value is -2.45. The lowest BCUT2D eigenvalue weighted by molar-refractivity contribution is -0.142. The Balaban J connectivity index is 2.53. The van der Waals surface area contributed by atoms with Crippen LogP contribution in [0.25, 0.3) is 0 Å². The Kier molecular flexibility index (Phi) is 6.23. The van der Waals surface area contributed by atoms with E-state index in [1.807, 2.05) is 0 Å². The Morgan fingerprint density at radius 1 is 1.30 bits per heavy atom. The second-order valence-corrected chi connectivity index (χ2v) is 6.13. The second kappa shape index (κ2) is 7.70. The van der Waals surface area contributed by atoms with E-state index in [1.165, 1.54) is 19.5 Å². The smallest absolute Gasteiger partial charge is 0.408 e. The minimum atomic E-state index is -1.18. The molecule has 0 spiro atoms. The molecular formula is C14H22N4O5. The molecule has 0 aromatic rings. The zero-order valence-electron chi connectivity index (χ0n) is 13.6. The maximum absolute atomic E-state index is 12.0. The third-order valence-electron chi connectivity index (χ3n) is 2.80. The topological polar surface area (TPSA) is 129 Å². The highest BCUT2D eigenvalue weighted by Crippen LogP contribution is 2.07. The summed E-state index contributed by atoms with van der Waals surface area (Å²) in [5.41, 5.74) is -0.691. The number of alkyl carbamates (subject to hydrolysis) is 1. The number of hydrogen-bond acceptors (Lipinski definition) is 6. The average Bonchev–Trinajstić information content (AvgIpc) is 2.88. The first-order valence-corrected chi connectivity index (χ1v) is 7.16. The molecule has 23 heavy (non-hydrogen) atoms. The summed E-state index contributed by atoms with van der Waals surface area (Å²) in [4.78, 5) is 42.6. The van der Waals surface area contributed by atoms with Gasteiger partial charge in [0.25, 0.3) is 0 Å². The van der Waals surface area contributed by atoms with Crippen LogP contribution in [-0.2, 0) is 14.3 Å². The minimum absolute atomic E-state index is 0.0836. The van der Waals surface area contributed by atoms with Crippen molar-refractivity contribution in [3.05, 3.63) is 0 Å². The van der Waals surface area contributed by atoms with E-state index in [0.717, 1.165) is 0 Å². The van der Waals surface area contributed by atoms with Crippen LogP contribution in [0.15, 0.2) is 9.98 Å². The molecule has 1 heterocycles. The van der Waals surface area contributed by atoms with Crippen LogP contribution in [-0.4, -0.2) is 59.4 Å². The molecule has 3 atom stereocenters. The fourth-order valence-electron chi connectivity index (χ4n) is 1.73. The third kappa shape index (κ3) is 6.90. The molecular weight excluding hydrogens is 304 g/mol. The lowest BCUT2D eigenvalue weighted by Gasteiger charge is -2.23. The number of rotatable bonds is 6. The van der Waals surface area contributed by atoms with E-state index in [0.29, 0.717) is 0 Å². The highest BCUT2D eigenvalue weighted by atomic mass is 16.6. The van der Waals surface area contributed by atoms with Crippen molar-refractivity contribution in [3.63, 3.8) is 0 Å². The SMILES string of the molecule is C[C@H](NC(=O)OC(C)(C)C)C(=O)N[C@@H](CC1C=NC=N1)C(=O)O. The highest BCUT2D eigenvalue weighted by molar-refractivity contribution is 5.89. The van der Waals surface area contributed by atoms with Gasteiger partial charge in [-0.2, -0.15) is 0 Å². The van der Waals surface area contributed by atoms with Gasteiger partial charge in [-0.3, -0.25) is 9.79 Å². The van der Waals surface area contributed by atoms with Gasteiger partial charge in [0, 0.05) is 12.6 Å². The van der Waals surface area contributed by atoms with Crippen LogP contribution in [0.1, 0.15) is 34.1 Å². The van der Waals surface area contributed by atoms with Gasteiger partial charge in [0.2, 0.25) is 5.91 Å². The molecule has 1 aliphatic heterocycles. The summed E-state index contributed by atoms with van der Waals surface area (Å²) in [6, 6.07) is -2.45. The van der Waals surface area contributed by atoms with Crippen LogP contribution in [0, 0.1) is 0 Å². The molecule has 9 nitrogen and oxygen atoms in total. The van der Waals surface area contributed by atoms with Crippen molar-refractivity contribution in [2.24, 2.45) is 9.98 Å². The van der Waals surface area contributed by atoms with Crippen molar-refractivity contribution in [2.45, 2.75) is 57.8 Å². The first-order chi connectivity index (χ1) is 10.6. The monoisotopic (exact) mass is 326 g/mol. The maximum Gasteiger partial charge on any atom is 0.408 e. The first-order valence-electron chi connectivity index (χ1n) is 7.16. The Morgan fingerprint density at radius 3 is 2.43 bits per heavy atom. The predicted molar refractivity (Wildman–Crippen MR) is 83.8 cm³/mol. The van der Waals surface area contributed by atoms with Crippen LogP contribution >= 0.6 is 0 Å². The zero-order valence-corrected chi connectivity index (χ0v) is 13.6. The molecule has 9 heteroatoms. The number of carbonyl (C=O) groups is 3. The van der Waals surface area contributed by atoms with Gasteiger partial charge in [-0.1, -0.05) is 0 Å². The van der Waals surface area contributed by atoms with Crippen LogP contribution in [0.2, 0.25) is 0 Å². The molecule has 0 saturated heterocycles. The molecule has 0 aliphatic carbocycles. The van der Waals surface area contributed by atoms with E-state index in [2.05, 4.69) is 20.6 Å². The number of ether oxygens (including phenoxy) is 1.